The highest BCUT2D eigenvalue weighted by Gasteiger charge is 2.43. The van der Waals surface area contributed by atoms with E-state index >= 15 is 0 Å². The highest BCUT2D eigenvalue weighted by atomic mass is 16.5. The maximum absolute atomic E-state index is 6.03. The van der Waals surface area contributed by atoms with Crippen molar-refractivity contribution in [3.05, 3.63) is 29.8 Å². The maximum Gasteiger partial charge on any atom is 0.193 e. The molecule has 1 heterocycles. The fraction of sp³-hybridized carbons (Fsp3) is 0.562. The van der Waals surface area contributed by atoms with Gasteiger partial charge in [0.05, 0.1) is 12.1 Å². The monoisotopic (exact) mass is 273 g/mol. The standard InChI is InChI=1S/C16H23N3O/c1-2-11-5-3-6-12(9-11)18-16(17)19-14-10-15-13(14)7-4-8-20-15/h3,5-6,9,13-15H,2,4,7-8,10H2,1H3,(H3,17,18,19). The number of aliphatic imine (C=N–C) groups is 1. The summed E-state index contributed by atoms with van der Waals surface area (Å²) < 4.78 is 5.71. The van der Waals surface area contributed by atoms with Gasteiger partial charge in [-0.3, -0.25) is 0 Å². The van der Waals surface area contributed by atoms with Crippen molar-refractivity contribution in [2.75, 3.05) is 11.9 Å². The van der Waals surface area contributed by atoms with Gasteiger partial charge in [-0.05, 0) is 43.4 Å². The second-order valence-corrected chi connectivity index (χ2v) is 5.71. The summed E-state index contributed by atoms with van der Waals surface area (Å²) in [7, 11) is 0. The summed E-state index contributed by atoms with van der Waals surface area (Å²) in [5, 5.41) is 3.20. The van der Waals surface area contributed by atoms with Gasteiger partial charge in [0.15, 0.2) is 5.96 Å². The van der Waals surface area contributed by atoms with Crippen molar-refractivity contribution in [3.8, 4) is 0 Å². The van der Waals surface area contributed by atoms with Crippen LogP contribution < -0.4 is 11.1 Å². The van der Waals surface area contributed by atoms with Crippen LogP contribution in [0, 0.1) is 5.92 Å². The van der Waals surface area contributed by atoms with Crippen LogP contribution in [0.5, 0.6) is 0 Å². The van der Waals surface area contributed by atoms with Crippen molar-refractivity contribution in [2.24, 2.45) is 16.6 Å². The first-order chi connectivity index (χ1) is 9.76. The first-order valence-corrected chi connectivity index (χ1v) is 7.57. The second kappa shape index (κ2) is 5.83. The number of anilines is 1. The molecule has 3 rings (SSSR count). The molecule has 1 saturated carbocycles. The van der Waals surface area contributed by atoms with Crippen LogP contribution in [0.1, 0.15) is 31.7 Å². The molecule has 2 fully saturated rings. The van der Waals surface area contributed by atoms with Crippen LogP contribution in [0.3, 0.4) is 0 Å². The molecule has 1 aromatic rings. The topological polar surface area (TPSA) is 59.6 Å². The number of hydrogen-bond acceptors (Lipinski definition) is 2. The predicted molar refractivity (Wildman–Crippen MR) is 81.9 cm³/mol. The van der Waals surface area contributed by atoms with Crippen LogP contribution in [0.15, 0.2) is 29.3 Å². The number of ether oxygens (including phenoxy) is 1. The minimum absolute atomic E-state index is 0.335. The van der Waals surface area contributed by atoms with E-state index in [1.165, 1.54) is 12.0 Å². The molecule has 2 aliphatic rings. The fourth-order valence-corrected chi connectivity index (χ4v) is 3.14. The second-order valence-electron chi connectivity index (χ2n) is 5.71. The molecule has 1 aliphatic carbocycles. The lowest BCUT2D eigenvalue weighted by Crippen LogP contribution is -2.49. The highest BCUT2D eigenvalue weighted by molar-refractivity contribution is 5.92. The molecule has 3 unspecified atom stereocenters. The summed E-state index contributed by atoms with van der Waals surface area (Å²) >= 11 is 0. The maximum atomic E-state index is 6.03. The van der Waals surface area contributed by atoms with Crippen molar-refractivity contribution in [2.45, 2.75) is 44.8 Å². The minimum Gasteiger partial charge on any atom is -0.378 e. The van der Waals surface area contributed by atoms with Crippen molar-refractivity contribution in [1.29, 1.82) is 0 Å². The quantitative estimate of drug-likeness (QED) is 0.657. The third-order valence-electron chi connectivity index (χ3n) is 4.37. The lowest BCUT2D eigenvalue weighted by molar-refractivity contribution is -0.0937. The van der Waals surface area contributed by atoms with Gasteiger partial charge in [-0.15, -0.1) is 0 Å². The molecule has 0 amide bonds. The van der Waals surface area contributed by atoms with Crippen LogP contribution in [0.4, 0.5) is 5.69 Å². The molecule has 0 aromatic heterocycles. The molecule has 1 saturated heterocycles. The summed E-state index contributed by atoms with van der Waals surface area (Å²) in [6.07, 6.45) is 4.84. The van der Waals surface area contributed by atoms with Crippen LogP contribution in [0.25, 0.3) is 0 Å². The first-order valence-electron chi connectivity index (χ1n) is 7.57. The molecule has 108 valence electrons. The van der Waals surface area contributed by atoms with Gasteiger partial charge >= 0.3 is 0 Å². The number of aryl methyl sites for hydroxylation is 1. The van der Waals surface area contributed by atoms with E-state index in [2.05, 4.69) is 29.4 Å². The highest BCUT2D eigenvalue weighted by Crippen LogP contribution is 2.39. The predicted octanol–water partition coefficient (Wildman–Crippen LogP) is 2.54. The Morgan fingerprint density at radius 2 is 2.40 bits per heavy atom. The van der Waals surface area contributed by atoms with E-state index in [0.717, 1.165) is 31.6 Å². The van der Waals surface area contributed by atoms with Gasteiger partial charge < -0.3 is 15.8 Å². The lowest BCUT2D eigenvalue weighted by atomic mass is 9.73. The van der Waals surface area contributed by atoms with E-state index in [0.29, 0.717) is 24.0 Å². The Kier molecular flexibility index (Phi) is 3.92. The van der Waals surface area contributed by atoms with Crippen molar-refractivity contribution in [3.63, 3.8) is 0 Å². The SMILES string of the molecule is CCc1cccc(NC(N)=NC2CC3OCCCC23)c1. The van der Waals surface area contributed by atoms with E-state index in [9.17, 15) is 0 Å². The van der Waals surface area contributed by atoms with Crippen LogP contribution in [0.2, 0.25) is 0 Å². The third-order valence-corrected chi connectivity index (χ3v) is 4.37. The Hall–Kier alpha value is -1.55. The zero-order valence-corrected chi connectivity index (χ0v) is 12.0. The first kappa shape index (κ1) is 13.4. The molecule has 0 radical (unpaired) electrons. The molecule has 3 atom stereocenters. The zero-order chi connectivity index (χ0) is 13.9. The molecule has 0 bridgehead atoms. The number of nitrogens with two attached hydrogens (primary N) is 1. The van der Waals surface area contributed by atoms with Gasteiger partial charge in [0.2, 0.25) is 0 Å². The summed E-state index contributed by atoms with van der Waals surface area (Å²) in [6.45, 7) is 3.06. The Morgan fingerprint density at radius 3 is 3.20 bits per heavy atom. The summed E-state index contributed by atoms with van der Waals surface area (Å²) in [4.78, 5) is 4.62. The van der Waals surface area contributed by atoms with Gasteiger partial charge in [0.25, 0.3) is 0 Å². The van der Waals surface area contributed by atoms with Gasteiger partial charge in [-0.25, -0.2) is 4.99 Å². The minimum atomic E-state index is 0.335. The summed E-state index contributed by atoms with van der Waals surface area (Å²) in [5.74, 6) is 1.10. The average Bonchev–Trinajstić information content (AvgIpc) is 2.45. The number of nitrogens with one attached hydrogen (secondary N) is 1. The number of guanidine groups is 1. The Bertz CT molecular complexity index is 500. The van der Waals surface area contributed by atoms with Crippen LogP contribution in [-0.4, -0.2) is 24.7 Å². The number of fused-ring (bicyclic) bond motifs is 1. The van der Waals surface area contributed by atoms with Gasteiger partial charge in [-0.2, -0.15) is 0 Å². The summed E-state index contributed by atoms with van der Waals surface area (Å²) in [5.41, 5.74) is 8.34. The molecule has 0 spiro atoms. The zero-order valence-electron chi connectivity index (χ0n) is 12.0. The van der Waals surface area contributed by atoms with Crippen molar-refractivity contribution in [1.82, 2.24) is 0 Å². The third kappa shape index (κ3) is 2.80. The molecule has 4 heteroatoms. The smallest absolute Gasteiger partial charge is 0.193 e. The van der Waals surface area contributed by atoms with E-state index in [1.54, 1.807) is 0 Å². The van der Waals surface area contributed by atoms with Crippen molar-refractivity contribution < 1.29 is 4.74 Å². The lowest BCUT2D eigenvalue weighted by Gasteiger charge is -2.45. The van der Waals surface area contributed by atoms with E-state index in [-0.39, 0.29) is 0 Å². The molecule has 1 aromatic carbocycles. The fourth-order valence-electron chi connectivity index (χ4n) is 3.14. The molecule has 1 aliphatic heterocycles. The van der Waals surface area contributed by atoms with Crippen molar-refractivity contribution >= 4 is 11.6 Å². The van der Waals surface area contributed by atoms with Crippen LogP contribution >= 0.6 is 0 Å². The number of rotatable bonds is 3. The number of benzene rings is 1. The molecular formula is C16H23N3O. The van der Waals surface area contributed by atoms with E-state index < -0.39 is 0 Å². The van der Waals surface area contributed by atoms with Gasteiger partial charge in [-0.1, -0.05) is 19.1 Å². The molecule has 4 nitrogen and oxygen atoms in total. The Balaban J connectivity index is 1.61. The van der Waals surface area contributed by atoms with Crippen LogP contribution in [-0.2, 0) is 11.2 Å². The average molecular weight is 273 g/mol. The molecule has 20 heavy (non-hydrogen) atoms. The van der Waals surface area contributed by atoms with Gasteiger partial charge in [0, 0.05) is 18.2 Å². The number of hydrogen-bond donors (Lipinski definition) is 2. The van der Waals surface area contributed by atoms with Gasteiger partial charge in [0.1, 0.15) is 0 Å². The normalized spacial score (nSPS) is 29.4. The van der Waals surface area contributed by atoms with E-state index in [1.807, 2.05) is 12.1 Å². The number of nitrogens with zero attached hydrogens (tertiary/aromatic N) is 1. The molecule has 3 N–H and O–H groups in total. The van der Waals surface area contributed by atoms with E-state index in [4.69, 9.17) is 10.5 Å². The Labute approximate surface area is 120 Å². The summed E-state index contributed by atoms with van der Waals surface area (Å²) in [6, 6.07) is 8.64. The Morgan fingerprint density at radius 1 is 1.50 bits per heavy atom. The molecular weight excluding hydrogens is 250 g/mol. The largest absolute Gasteiger partial charge is 0.378 e.